The number of carbonyl (C=O) groups excluding carboxylic acids is 5. The molecule has 0 aromatic heterocycles. The average molecular weight is 577 g/mol. The number of nitrogens with two attached hydrogens (primary N) is 1. The van der Waals surface area contributed by atoms with Gasteiger partial charge >= 0.3 is 11.9 Å². The minimum atomic E-state index is -1.80. The lowest BCUT2D eigenvalue weighted by Crippen LogP contribution is -2.62. The molecule has 12 nitrogen and oxygen atoms in total. The van der Waals surface area contributed by atoms with E-state index in [0.29, 0.717) is 19.3 Å². The summed E-state index contributed by atoms with van der Waals surface area (Å²) in [4.78, 5) is 71.8. The Balaban J connectivity index is 1.36. The minimum absolute atomic E-state index is 0.0252. The van der Waals surface area contributed by atoms with Gasteiger partial charge in [0.2, 0.25) is 17.6 Å². The van der Waals surface area contributed by atoms with E-state index in [1.165, 1.54) is 0 Å². The summed E-state index contributed by atoms with van der Waals surface area (Å²) in [5.74, 6) is -4.62. The molecule has 3 saturated carbocycles. The van der Waals surface area contributed by atoms with Gasteiger partial charge in [-0.3, -0.25) is 24.0 Å². The van der Waals surface area contributed by atoms with Crippen LogP contribution in [0.1, 0.15) is 78.1 Å². The second-order valence-electron chi connectivity index (χ2n) is 12.7. The molecule has 41 heavy (non-hydrogen) atoms. The summed E-state index contributed by atoms with van der Waals surface area (Å²) >= 11 is 0. The first kappa shape index (κ1) is 30.8. The maximum atomic E-state index is 13.3. The number of aliphatic hydroxyl groups is 2. The van der Waals surface area contributed by atoms with E-state index >= 15 is 0 Å². The molecule has 0 spiro atoms. The van der Waals surface area contributed by atoms with Gasteiger partial charge in [-0.25, -0.2) is 4.79 Å². The van der Waals surface area contributed by atoms with Crippen molar-refractivity contribution in [2.45, 2.75) is 95.8 Å². The summed E-state index contributed by atoms with van der Waals surface area (Å²) in [5.41, 5.74) is 3.05. The Bertz CT molecular complexity index is 1180. The van der Waals surface area contributed by atoms with Crippen LogP contribution in [0.2, 0.25) is 0 Å². The molecular formula is C29H40N2O10. The molecular weight excluding hydrogens is 536 g/mol. The Hall–Kier alpha value is -3.12. The van der Waals surface area contributed by atoms with Gasteiger partial charge in [0.1, 0.15) is 11.6 Å². The summed E-state index contributed by atoms with van der Waals surface area (Å²) in [6, 6.07) is -1.52. The van der Waals surface area contributed by atoms with E-state index in [2.05, 4.69) is 12.2 Å². The molecule has 0 radical (unpaired) electrons. The molecule has 0 aliphatic heterocycles. The highest BCUT2D eigenvalue weighted by Gasteiger charge is 2.68. The number of primary amides is 1. The highest BCUT2D eigenvalue weighted by molar-refractivity contribution is 5.93. The first-order chi connectivity index (χ1) is 19.1. The third-order valence-electron chi connectivity index (χ3n) is 10.5. The van der Waals surface area contributed by atoms with Gasteiger partial charge in [-0.05, 0) is 67.8 Å². The summed E-state index contributed by atoms with van der Waals surface area (Å²) in [6.07, 6.45) is 3.10. The van der Waals surface area contributed by atoms with Gasteiger partial charge in [-0.2, -0.15) is 0 Å². The minimum Gasteiger partial charge on any atom is -0.480 e. The maximum absolute atomic E-state index is 13.3. The number of rotatable bonds is 10. The molecule has 8 atom stereocenters. The van der Waals surface area contributed by atoms with Crippen LogP contribution < -0.4 is 11.1 Å². The van der Waals surface area contributed by atoms with Crippen LogP contribution in [0.15, 0.2) is 11.6 Å². The van der Waals surface area contributed by atoms with E-state index in [9.17, 15) is 39.0 Å². The van der Waals surface area contributed by atoms with Crippen molar-refractivity contribution in [2.24, 2.45) is 34.3 Å². The van der Waals surface area contributed by atoms with Crippen LogP contribution in [-0.2, 0) is 33.5 Å². The van der Waals surface area contributed by atoms with Gasteiger partial charge in [-0.15, -0.1) is 0 Å². The Morgan fingerprint density at radius 3 is 2.49 bits per heavy atom. The Kier molecular flexibility index (Phi) is 8.48. The second kappa shape index (κ2) is 11.3. The Morgan fingerprint density at radius 2 is 1.83 bits per heavy atom. The number of allylic oxidation sites excluding steroid dienone is 1. The fourth-order valence-electron chi connectivity index (χ4n) is 8.37. The number of fused-ring (bicyclic) bond motifs is 5. The number of amides is 2. The number of carboxylic acid groups (broad SMARTS) is 1. The largest absolute Gasteiger partial charge is 0.480 e. The molecule has 12 heteroatoms. The van der Waals surface area contributed by atoms with E-state index in [1.54, 1.807) is 6.08 Å². The van der Waals surface area contributed by atoms with E-state index in [1.807, 2.05) is 6.92 Å². The number of ketones is 2. The number of aliphatic hydroxyl groups excluding tert-OH is 1. The number of hydrogen-bond donors (Lipinski definition) is 5. The summed E-state index contributed by atoms with van der Waals surface area (Å²) < 4.78 is 5.08. The van der Waals surface area contributed by atoms with E-state index < -0.39 is 78.6 Å². The zero-order valence-corrected chi connectivity index (χ0v) is 23.5. The maximum Gasteiger partial charge on any atom is 0.326 e. The molecule has 4 rings (SSSR count). The highest BCUT2D eigenvalue weighted by atomic mass is 16.5. The van der Waals surface area contributed by atoms with Crippen molar-refractivity contribution >= 4 is 35.3 Å². The van der Waals surface area contributed by atoms with Gasteiger partial charge in [0.05, 0.1) is 18.9 Å². The number of ether oxygens (including phenoxy) is 1. The van der Waals surface area contributed by atoms with Crippen LogP contribution in [-0.4, -0.2) is 75.0 Å². The van der Waals surface area contributed by atoms with Gasteiger partial charge in [-0.1, -0.05) is 19.4 Å². The van der Waals surface area contributed by atoms with Crippen molar-refractivity contribution in [3.8, 4) is 0 Å². The van der Waals surface area contributed by atoms with Crippen molar-refractivity contribution in [1.82, 2.24) is 5.32 Å². The standard InChI is InChI=1S/C29H40N2O10/c1-27-9-7-16(32)11-15(27)3-4-17-18-8-10-29(40,28(18,2)13-20(33)25(17)27)21(34)14-41-24(37)6-5-23(36)31-19(26(38)39)12-22(30)35/h11,17-20,25,33,40H,3-10,12-14H2,1-2H3,(H2,30,35)(H,31,36)(H,38,39)/t17-,18+,19+,20+,25+,27+,28+,29+/m1/s1. The van der Waals surface area contributed by atoms with Crippen LogP contribution in [0, 0.1) is 28.6 Å². The van der Waals surface area contributed by atoms with Crippen LogP contribution in [0.5, 0.6) is 0 Å². The van der Waals surface area contributed by atoms with Crippen molar-refractivity contribution in [1.29, 1.82) is 0 Å². The molecule has 4 aliphatic rings. The molecule has 0 bridgehead atoms. The zero-order valence-electron chi connectivity index (χ0n) is 23.5. The van der Waals surface area contributed by atoms with Crippen molar-refractivity contribution in [3.63, 3.8) is 0 Å². The fraction of sp³-hybridized carbons (Fsp3) is 0.724. The van der Waals surface area contributed by atoms with Crippen LogP contribution in [0.4, 0.5) is 0 Å². The van der Waals surface area contributed by atoms with Crippen molar-refractivity contribution < 1.29 is 48.8 Å². The van der Waals surface area contributed by atoms with Crippen LogP contribution in [0.3, 0.4) is 0 Å². The smallest absolute Gasteiger partial charge is 0.326 e. The van der Waals surface area contributed by atoms with Gasteiger partial charge in [0.15, 0.2) is 12.4 Å². The number of nitrogens with one attached hydrogen (secondary N) is 1. The number of aliphatic carboxylic acids is 1. The molecule has 226 valence electrons. The molecule has 0 aromatic rings. The molecule has 4 aliphatic carbocycles. The Labute approximate surface area is 238 Å². The van der Waals surface area contributed by atoms with Gasteiger partial charge in [0.25, 0.3) is 0 Å². The highest BCUT2D eigenvalue weighted by Crippen LogP contribution is 2.67. The monoisotopic (exact) mass is 576 g/mol. The van der Waals surface area contributed by atoms with Crippen molar-refractivity contribution in [2.75, 3.05) is 6.61 Å². The summed E-state index contributed by atoms with van der Waals surface area (Å²) in [6.45, 7) is 3.26. The normalized spacial score (nSPS) is 36.6. The number of Topliss-reactive ketones (excluding diaryl/α,β-unsaturated/α-hetero) is 1. The van der Waals surface area contributed by atoms with Gasteiger partial charge in [0, 0.05) is 18.3 Å². The third-order valence-corrected chi connectivity index (χ3v) is 10.5. The van der Waals surface area contributed by atoms with Crippen LogP contribution >= 0.6 is 0 Å². The number of carbonyl (C=O) groups is 6. The zero-order chi connectivity index (χ0) is 30.3. The predicted molar refractivity (Wildman–Crippen MR) is 142 cm³/mol. The fourth-order valence-corrected chi connectivity index (χ4v) is 8.37. The molecule has 0 unspecified atom stereocenters. The molecule has 0 saturated heterocycles. The summed E-state index contributed by atoms with van der Waals surface area (Å²) in [5, 5.41) is 34.4. The van der Waals surface area contributed by atoms with E-state index in [0.717, 1.165) is 18.4 Å². The topological polar surface area (TPSA) is 210 Å². The SMILES string of the molecule is C[C@]12CCC(=O)C=C1CC[C@H]1[C@H]2[C@@H](O)C[C@@]2(C)[C@H]1CC[C@]2(O)C(=O)COC(=O)CCC(=O)N[C@@H](CC(N)=O)C(=O)O. The second-order valence-corrected chi connectivity index (χ2v) is 12.7. The predicted octanol–water partition coefficient (Wildman–Crippen LogP) is 0.558. The van der Waals surface area contributed by atoms with Crippen LogP contribution in [0.25, 0.3) is 0 Å². The van der Waals surface area contributed by atoms with Gasteiger partial charge < -0.3 is 31.1 Å². The average Bonchev–Trinajstić information content (AvgIpc) is 3.16. The van der Waals surface area contributed by atoms with Crippen molar-refractivity contribution in [3.05, 3.63) is 11.6 Å². The van der Waals surface area contributed by atoms with E-state index in [4.69, 9.17) is 15.6 Å². The first-order valence-electron chi connectivity index (χ1n) is 14.3. The quantitative estimate of drug-likeness (QED) is 0.228. The third kappa shape index (κ3) is 5.55. The molecule has 0 heterocycles. The number of carboxylic acids is 1. The first-order valence-corrected chi connectivity index (χ1v) is 14.3. The lowest BCUT2D eigenvalue weighted by molar-refractivity contribution is -0.184. The number of esters is 1. The molecule has 2 amide bonds. The summed E-state index contributed by atoms with van der Waals surface area (Å²) in [7, 11) is 0. The van der Waals surface area contributed by atoms with E-state index in [-0.39, 0.29) is 41.8 Å². The lowest BCUT2D eigenvalue weighted by atomic mass is 9.45. The lowest BCUT2D eigenvalue weighted by Gasteiger charge is -2.60. The molecule has 6 N–H and O–H groups in total. The molecule has 0 aromatic carbocycles. The number of hydrogen-bond acceptors (Lipinski definition) is 9. The molecule has 3 fully saturated rings. The Morgan fingerprint density at radius 1 is 1.12 bits per heavy atom.